The van der Waals surface area contributed by atoms with E-state index < -0.39 is 17.2 Å². The number of hydrogen-bond acceptors (Lipinski definition) is 7. The molecule has 0 radical (unpaired) electrons. The van der Waals surface area contributed by atoms with E-state index in [1.54, 1.807) is 25.4 Å². The number of pyridine rings is 1. The van der Waals surface area contributed by atoms with Crippen molar-refractivity contribution in [2.75, 3.05) is 7.11 Å². The molecule has 30 heavy (non-hydrogen) atoms. The van der Waals surface area contributed by atoms with Crippen LogP contribution >= 0.6 is 11.8 Å². The number of halogens is 2. The van der Waals surface area contributed by atoms with Gasteiger partial charge in [-0.2, -0.15) is 0 Å². The van der Waals surface area contributed by atoms with Crippen molar-refractivity contribution in [2.45, 2.75) is 30.6 Å². The van der Waals surface area contributed by atoms with Gasteiger partial charge in [-0.25, -0.2) is 23.7 Å². The van der Waals surface area contributed by atoms with Gasteiger partial charge in [-0.3, -0.25) is 4.99 Å². The molecule has 1 fully saturated rings. The zero-order chi connectivity index (χ0) is 21.0. The Bertz CT molecular complexity index is 1200. The Morgan fingerprint density at radius 1 is 1.23 bits per heavy atom. The fourth-order valence-electron chi connectivity index (χ4n) is 4.17. The molecule has 0 bridgehead atoms. The SMILES string of the molecule is COc1cnc2c(Cc3cc(F)c(F)c([C@@]4(C)N=C(N)S[C@H]5C[C@H]54)c3)ncnc2c1. The second-order valence-electron chi connectivity index (χ2n) is 7.78. The van der Waals surface area contributed by atoms with E-state index in [-0.39, 0.29) is 17.9 Å². The Kier molecular flexibility index (Phi) is 4.39. The van der Waals surface area contributed by atoms with Crippen LogP contribution in [0.25, 0.3) is 11.0 Å². The van der Waals surface area contributed by atoms with Crippen molar-refractivity contribution < 1.29 is 13.5 Å². The van der Waals surface area contributed by atoms with Gasteiger partial charge in [0, 0.05) is 29.2 Å². The lowest BCUT2D eigenvalue weighted by atomic mass is 9.85. The van der Waals surface area contributed by atoms with Crippen LogP contribution in [0.15, 0.2) is 35.7 Å². The fourth-order valence-corrected chi connectivity index (χ4v) is 5.46. The van der Waals surface area contributed by atoms with E-state index in [4.69, 9.17) is 10.5 Å². The maximum atomic E-state index is 14.9. The molecule has 6 nitrogen and oxygen atoms in total. The molecule has 0 amide bonds. The van der Waals surface area contributed by atoms with Crippen LogP contribution in [-0.4, -0.2) is 32.5 Å². The van der Waals surface area contributed by atoms with Crippen LogP contribution < -0.4 is 10.5 Å². The number of hydrogen-bond donors (Lipinski definition) is 1. The van der Waals surface area contributed by atoms with Crippen molar-refractivity contribution in [3.05, 3.63) is 59.2 Å². The van der Waals surface area contributed by atoms with Crippen LogP contribution in [0.2, 0.25) is 0 Å². The molecule has 5 rings (SSSR count). The average molecular weight is 427 g/mol. The summed E-state index contributed by atoms with van der Waals surface area (Å²) >= 11 is 1.51. The van der Waals surface area contributed by atoms with E-state index in [1.807, 2.05) is 6.92 Å². The van der Waals surface area contributed by atoms with Crippen LogP contribution in [0.1, 0.15) is 30.2 Å². The zero-order valence-corrected chi connectivity index (χ0v) is 17.2. The lowest BCUT2D eigenvalue weighted by Crippen LogP contribution is -2.32. The number of aliphatic imine (C=N–C) groups is 1. The highest BCUT2D eigenvalue weighted by Crippen LogP contribution is 2.57. The van der Waals surface area contributed by atoms with Crippen molar-refractivity contribution in [1.82, 2.24) is 15.0 Å². The smallest absolute Gasteiger partial charge is 0.164 e. The summed E-state index contributed by atoms with van der Waals surface area (Å²) in [7, 11) is 1.55. The highest BCUT2D eigenvalue weighted by Gasteiger charge is 2.55. The van der Waals surface area contributed by atoms with E-state index in [0.29, 0.717) is 38.5 Å². The van der Waals surface area contributed by atoms with Crippen LogP contribution in [0.4, 0.5) is 8.78 Å². The minimum absolute atomic E-state index is 0.146. The Morgan fingerprint density at radius 3 is 2.87 bits per heavy atom. The van der Waals surface area contributed by atoms with Gasteiger partial charge < -0.3 is 10.5 Å². The molecule has 2 aliphatic rings. The van der Waals surface area contributed by atoms with E-state index in [0.717, 1.165) is 6.42 Å². The van der Waals surface area contributed by atoms with Crippen LogP contribution in [0.3, 0.4) is 0 Å². The monoisotopic (exact) mass is 427 g/mol. The molecule has 1 aromatic carbocycles. The number of benzene rings is 1. The normalized spacial score (nSPS) is 25.0. The second-order valence-corrected chi connectivity index (χ2v) is 9.03. The van der Waals surface area contributed by atoms with Gasteiger partial charge in [0.25, 0.3) is 0 Å². The average Bonchev–Trinajstić information content (AvgIpc) is 3.50. The van der Waals surface area contributed by atoms with Crippen LogP contribution in [-0.2, 0) is 12.0 Å². The van der Waals surface area contributed by atoms with Gasteiger partial charge >= 0.3 is 0 Å². The molecule has 2 N–H and O–H groups in total. The van der Waals surface area contributed by atoms with E-state index in [9.17, 15) is 8.78 Å². The van der Waals surface area contributed by atoms with Gasteiger partial charge in [0.2, 0.25) is 0 Å². The number of nitrogens with zero attached hydrogens (tertiary/aromatic N) is 4. The lowest BCUT2D eigenvalue weighted by Gasteiger charge is -2.30. The Morgan fingerprint density at radius 2 is 2.07 bits per heavy atom. The molecule has 3 aromatic rings. The highest BCUT2D eigenvalue weighted by atomic mass is 32.2. The molecular formula is C21H19F2N5OS. The van der Waals surface area contributed by atoms with E-state index >= 15 is 0 Å². The molecule has 9 heteroatoms. The number of thioether (sulfide) groups is 1. The van der Waals surface area contributed by atoms with E-state index in [2.05, 4.69) is 19.9 Å². The number of methoxy groups -OCH3 is 1. The summed E-state index contributed by atoms with van der Waals surface area (Å²) in [6, 6.07) is 4.64. The molecule has 0 unspecified atom stereocenters. The van der Waals surface area contributed by atoms with Gasteiger partial charge in [0.05, 0.1) is 30.1 Å². The van der Waals surface area contributed by atoms with E-state index in [1.165, 1.54) is 24.2 Å². The summed E-state index contributed by atoms with van der Waals surface area (Å²) < 4.78 is 34.6. The number of rotatable bonds is 4. The van der Waals surface area contributed by atoms with Crippen molar-refractivity contribution >= 4 is 28.0 Å². The number of nitrogens with two attached hydrogens (primary N) is 1. The van der Waals surface area contributed by atoms with Gasteiger partial charge in [0.15, 0.2) is 16.8 Å². The molecule has 1 aliphatic carbocycles. The summed E-state index contributed by atoms with van der Waals surface area (Å²) in [5.74, 6) is -1.04. The second kappa shape index (κ2) is 6.87. The summed E-state index contributed by atoms with van der Waals surface area (Å²) in [5.41, 5.74) is 7.75. The van der Waals surface area contributed by atoms with Crippen LogP contribution in [0, 0.1) is 17.6 Å². The number of fused-ring (bicyclic) bond motifs is 2. The third-order valence-corrected chi connectivity index (χ3v) is 6.99. The lowest BCUT2D eigenvalue weighted by molar-refractivity contribution is 0.392. The fraction of sp³-hybridized carbons (Fsp3) is 0.333. The van der Waals surface area contributed by atoms with Crippen molar-refractivity contribution in [1.29, 1.82) is 0 Å². The highest BCUT2D eigenvalue weighted by molar-refractivity contribution is 8.14. The Labute approximate surface area is 176 Å². The predicted octanol–water partition coefficient (Wildman–Crippen LogP) is 3.57. The first-order valence-electron chi connectivity index (χ1n) is 9.53. The maximum Gasteiger partial charge on any atom is 0.164 e. The van der Waals surface area contributed by atoms with Crippen molar-refractivity contribution in [3.8, 4) is 5.75 Å². The summed E-state index contributed by atoms with van der Waals surface area (Å²) in [6.07, 6.45) is 4.18. The third-order valence-electron chi connectivity index (χ3n) is 5.84. The molecule has 3 atom stereocenters. The quantitative estimate of drug-likeness (QED) is 0.685. The molecule has 1 saturated carbocycles. The summed E-state index contributed by atoms with van der Waals surface area (Å²) in [4.78, 5) is 17.5. The molecule has 2 aromatic heterocycles. The largest absolute Gasteiger partial charge is 0.495 e. The molecule has 3 heterocycles. The predicted molar refractivity (Wildman–Crippen MR) is 112 cm³/mol. The molecule has 0 saturated heterocycles. The number of aromatic nitrogens is 3. The van der Waals surface area contributed by atoms with Gasteiger partial charge in [0.1, 0.15) is 17.6 Å². The van der Waals surface area contributed by atoms with Gasteiger partial charge in [-0.15, -0.1) is 0 Å². The molecular weight excluding hydrogens is 408 g/mol. The molecule has 0 spiro atoms. The number of ether oxygens (including phenoxy) is 1. The summed E-state index contributed by atoms with van der Waals surface area (Å²) in [5, 5.41) is 0.727. The van der Waals surface area contributed by atoms with Crippen molar-refractivity contribution in [2.24, 2.45) is 16.6 Å². The standard InChI is InChI=1S/C21H19F2N5OS/c1-21(12-7-17(12)30-20(24)28-21)13-3-10(4-14(22)18(13)23)5-15-19-16(27-9-26-15)6-11(29-2)8-25-19/h3-4,6,8-9,12,17H,5,7H2,1-2H3,(H2,24,28)/t12-,17+,21+/m1/s1. The first-order chi connectivity index (χ1) is 14.4. The maximum absolute atomic E-state index is 14.9. The summed E-state index contributed by atoms with van der Waals surface area (Å²) in [6.45, 7) is 1.83. The first kappa shape index (κ1) is 19.2. The third kappa shape index (κ3) is 3.08. The zero-order valence-electron chi connectivity index (χ0n) is 16.4. The Balaban J connectivity index is 1.57. The topological polar surface area (TPSA) is 86.3 Å². The van der Waals surface area contributed by atoms with Crippen LogP contribution in [0.5, 0.6) is 5.75 Å². The first-order valence-corrected chi connectivity index (χ1v) is 10.4. The minimum atomic E-state index is -0.902. The molecule has 154 valence electrons. The van der Waals surface area contributed by atoms with Gasteiger partial charge in [-0.1, -0.05) is 11.8 Å². The molecule has 1 aliphatic heterocycles. The van der Waals surface area contributed by atoms with Gasteiger partial charge in [-0.05, 0) is 31.0 Å². The number of amidine groups is 1. The minimum Gasteiger partial charge on any atom is -0.495 e. The Hall–Kier alpha value is -2.81. The van der Waals surface area contributed by atoms with Crippen molar-refractivity contribution in [3.63, 3.8) is 0 Å².